The van der Waals surface area contributed by atoms with Gasteiger partial charge < -0.3 is 10.2 Å². The molecular weight excluding hydrogens is 156 g/mol. The Morgan fingerprint density at radius 2 is 2.17 bits per heavy atom. The molecule has 3 heteroatoms. The van der Waals surface area contributed by atoms with Gasteiger partial charge in [0.15, 0.2) is 0 Å². The van der Waals surface area contributed by atoms with Crippen molar-refractivity contribution in [2.24, 2.45) is 11.8 Å². The monoisotopic (exact) mass is 172 g/mol. The van der Waals surface area contributed by atoms with Gasteiger partial charge in [-0.3, -0.25) is 4.79 Å². The first-order chi connectivity index (χ1) is 5.59. The molecule has 3 nitrogen and oxygen atoms in total. The van der Waals surface area contributed by atoms with Crippen molar-refractivity contribution in [1.29, 1.82) is 0 Å². The molecule has 0 aromatic rings. The molecule has 0 aromatic heterocycles. The standard InChI is InChI=1S/C9H16O3/c1-6(7-2-3-7)4-8(10)5-9(11)12/h6-8,10H,2-5H2,1H3,(H,11,12). The SMILES string of the molecule is CC(CC(O)CC(=O)O)C1CC1. The second kappa shape index (κ2) is 3.90. The number of rotatable bonds is 5. The maximum absolute atomic E-state index is 10.2. The first-order valence-electron chi connectivity index (χ1n) is 4.49. The number of carboxylic acids is 1. The van der Waals surface area contributed by atoms with Crippen LogP contribution in [0.5, 0.6) is 0 Å². The van der Waals surface area contributed by atoms with E-state index < -0.39 is 12.1 Å². The van der Waals surface area contributed by atoms with Crippen LogP contribution in [0, 0.1) is 11.8 Å². The molecule has 0 aliphatic heterocycles. The van der Waals surface area contributed by atoms with Crippen LogP contribution >= 0.6 is 0 Å². The number of carbonyl (C=O) groups is 1. The lowest BCUT2D eigenvalue weighted by molar-refractivity contribution is -0.139. The lowest BCUT2D eigenvalue weighted by Crippen LogP contribution is -2.16. The van der Waals surface area contributed by atoms with Crippen molar-refractivity contribution in [1.82, 2.24) is 0 Å². The van der Waals surface area contributed by atoms with Gasteiger partial charge in [0.25, 0.3) is 0 Å². The zero-order valence-electron chi connectivity index (χ0n) is 7.36. The Kier molecular flexibility index (Phi) is 3.09. The third-order valence-electron chi connectivity index (χ3n) is 2.48. The molecule has 1 fully saturated rings. The second-order valence-electron chi connectivity index (χ2n) is 3.80. The molecule has 0 radical (unpaired) electrons. The van der Waals surface area contributed by atoms with E-state index in [1.54, 1.807) is 0 Å². The van der Waals surface area contributed by atoms with Gasteiger partial charge in [0.1, 0.15) is 0 Å². The Bertz CT molecular complexity index is 163. The average molecular weight is 172 g/mol. The fourth-order valence-corrected chi connectivity index (χ4v) is 1.57. The van der Waals surface area contributed by atoms with E-state index in [4.69, 9.17) is 5.11 Å². The van der Waals surface area contributed by atoms with E-state index in [1.807, 2.05) is 0 Å². The Hall–Kier alpha value is -0.570. The Morgan fingerprint density at radius 3 is 2.58 bits per heavy atom. The summed E-state index contributed by atoms with van der Waals surface area (Å²) >= 11 is 0. The van der Waals surface area contributed by atoms with Gasteiger partial charge in [0.05, 0.1) is 12.5 Å². The van der Waals surface area contributed by atoms with Crippen molar-refractivity contribution in [3.05, 3.63) is 0 Å². The van der Waals surface area contributed by atoms with Gasteiger partial charge in [-0.25, -0.2) is 0 Å². The number of hydrogen-bond donors (Lipinski definition) is 2. The number of aliphatic hydroxyl groups excluding tert-OH is 1. The Balaban J connectivity index is 2.15. The molecule has 0 amide bonds. The number of hydrogen-bond acceptors (Lipinski definition) is 2. The maximum atomic E-state index is 10.2. The molecule has 2 unspecified atom stereocenters. The molecule has 1 aliphatic carbocycles. The molecule has 2 N–H and O–H groups in total. The van der Waals surface area contributed by atoms with Gasteiger partial charge in [-0.05, 0) is 31.1 Å². The van der Waals surface area contributed by atoms with Crippen molar-refractivity contribution in [3.8, 4) is 0 Å². The zero-order chi connectivity index (χ0) is 9.14. The predicted octanol–water partition coefficient (Wildman–Crippen LogP) is 1.26. The van der Waals surface area contributed by atoms with Crippen LogP contribution in [0.25, 0.3) is 0 Å². The van der Waals surface area contributed by atoms with E-state index in [-0.39, 0.29) is 6.42 Å². The molecule has 1 rings (SSSR count). The molecule has 1 aliphatic rings. The van der Waals surface area contributed by atoms with Gasteiger partial charge >= 0.3 is 5.97 Å². The molecule has 12 heavy (non-hydrogen) atoms. The fourth-order valence-electron chi connectivity index (χ4n) is 1.57. The third-order valence-corrected chi connectivity index (χ3v) is 2.48. The van der Waals surface area contributed by atoms with E-state index in [0.29, 0.717) is 12.3 Å². The van der Waals surface area contributed by atoms with E-state index in [0.717, 1.165) is 5.92 Å². The predicted molar refractivity (Wildman–Crippen MR) is 44.8 cm³/mol. The topological polar surface area (TPSA) is 57.5 Å². The normalized spacial score (nSPS) is 21.8. The summed E-state index contributed by atoms with van der Waals surface area (Å²) in [5.41, 5.74) is 0. The van der Waals surface area contributed by atoms with Crippen molar-refractivity contribution < 1.29 is 15.0 Å². The van der Waals surface area contributed by atoms with Crippen LogP contribution in [0.15, 0.2) is 0 Å². The van der Waals surface area contributed by atoms with Crippen LogP contribution in [0.3, 0.4) is 0 Å². The summed E-state index contributed by atoms with van der Waals surface area (Å²) in [6, 6.07) is 0. The largest absolute Gasteiger partial charge is 0.481 e. The Labute approximate surface area is 72.4 Å². The fraction of sp³-hybridized carbons (Fsp3) is 0.889. The van der Waals surface area contributed by atoms with Gasteiger partial charge in [-0.15, -0.1) is 0 Å². The third kappa shape index (κ3) is 3.22. The highest BCUT2D eigenvalue weighted by molar-refractivity contribution is 5.67. The number of carboxylic acid groups (broad SMARTS) is 1. The van der Waals surface area contributed by atoms with Crippen LogP contribution in [-0.4, -0.2) is 22.3 Å². The van der Waals surface area contributed by atoms with E-state index in [2.05, 4.69) is 6.92 Å². The van der Waals surface area contributed by atoms with Gasteiger partial charge in [-0.2, -0.15) is 0 Å². The quantitative estimate of drug-likeness (QED) is 0.656. The lowest BCUT2D eigenvalue weighted by Gasteiger charge is -2.13. The minimum Gasteiger partial charge on any atom is -0.481 e. The van der Waals surface area contributed by atoms with Gasteiger partial charge in [0, 0.05) is 0 Å². The van der Waals surface area contributed by atoms with Crippen LogP contribution in [-0.2, 0) is 4.79 Å². The van der Waals surface area contributed by atoms with E-state index >= 15 is 0 Å². The summed E-state index contributed by atoms with van der Waals surface area (Å²) in [5, 5.41) is 17.7. The molecule has 0 heterocycles. The van der Waals surface area contributed by atoms with Crippen molar-refractivity contribution in [2.45, 2.75) is 38.7 Å². The highest BCUT2D eigenvalue weighted by Gasteiger charge is 2.29. The summed E-state index contributed by atoms with van der Waals surface area (Å²) in [7, 11) is 0. The molecule has 0 spiro atoms. The molecular formula is C9H16O3. The minimum absolute atomic E-state index is 0.114. The van der Waals surface area contributed by atoms with Crippen LogP contribution < -0.4 is 0 Å². The van der Waals surface area contributed by atoms with Crippen molar-refractivity contribution in [2.75, 3.05) is 0 Å². The summed E-state index contributed by atoms with van der Waals surface area (Å²) in [5.74, 6) is 0.318. The highest BCUT2D eigenvalue weighted by Crippen LogP contribution is 2.38. The maximum Gasteiger partial charge on any atom is 0.305 e. The van der Waals surface area contributed by atoms with Gasteiger partial charge in [-0.1, -0.05) is 6.92 Å². The first-order valence-corrected chi connectivity index (χ1v) is 4.49. The molecule has 2 atom stereocenters. The van der Waals surface area contributed by atoms with E-state index in [9.17, 15) is 9.90 Å². The molecule has 0 saturated heterocycles. The second-order valence-corrected chi connectivity index (χ2v) is 3.80. The number of aliphatic hydroxyl groups is 1. The molecule has 0 aromatic carbocycles. The number of aliphatic carboxylic acids is 1. The van der Waals surface area contributed by atoms with Crippen LogP contribution in [0.4, 0.5) is 0 Å². The van der Waals surface area contributed by atoms with Crippen LogP contribution in [0.1, 0.15) is 32.6 Å². The molecule has 0 bridgehead atoms. The minimum atomic E-state index is -0.912. The molecule has 70 valence electrons. The summed E-state index contributed by atoms with van der Waals surface area (Å²) < 4.78 is 0. The first kappa shape index (κ1) is 9.52. The lowest BCUT2D eigenvalue weighted by atomic mass is 9.97. The summed E-state index contributed by atoms with van der Waals surface area (Å²) in [4.78, 5) is 10.2. The molecule has 1 saturated carbocycles. The van der Waals surface area contributed by atoms with Gasteiger partial charge in [0.2, 0.25) is 0 Å². The van der Waals surface area contributed by atoms with E-state index in [1.165, 1.54) is 12.8 Å². The summed E-state index contributed by atoms with van der Waals surface area (Å²) in [6.45, 7) is 2.09. The van der Waals surface area contributed by atoms with Crippen LogP contribution in [0.2, 0.25) is 0 Å². The Morgan fingerprint density at radius 1 is 1.58 bits per heavy atom. The average Bonchev–Trinajstić information content (AvgIpc) is 2.63. The smallest absolute Gasteiger partial charge is 0.305 e. The highest BCUT2D eigenvalue weighted by atomic mass is 16.4. The van der Waals surface area contributed by atoms with Crippen molar-refractivity contribution >= 4 is 5.97 Å². The van der Waals surface area contributed by atoms with Crippen molar-refractivity contribution in [3.63, 3.8) is 0 Å². The zero-order valence-corrected chi connectivity index (χ0v) is 7.36. The summed E-state index contributed by atoms with van der Waals surface area (Å²) in [6.07, 6.45) is 2.37.